The monoisotopic (exact) mass is 399 g/mol. The Morgan fingerprint density at radius 2 is 1.72 bits per heavy atom. The average molecular weight is 400 g/mol. The maximum absolute atomic E-state index is 12.2. The lowest BCUT2D eigenvalue weighted by atomic mass is 10.1. The molecule has 6 heteroatoms. The number of quaternary nitrogens is 1. The number of rotatable bonds is 10. The summed E-state index contributed by atoms with van der Waals surface area (Å²) in [4.78, 5) is 13.7. The number of carbonyl (C=O) groups is 1. The molecule has 0 unspecified atom stereocenters. The van der Waals surface area contributed by atoms with Gasteiger partial charge in [0.1, 0.15) is 31.1 Å². The highest BCUT2D eigenvalue weighted by atomic mass is 16.5. The summed E-state index contributed by atoms with van der Waals surface area (Å²) in [6.45, 7) is 5.78. The fourth-order valence-corrected chi connectivity index (χ4v) is 3.39. The van der Waals surface area contributed by atoms with Gasteiger partial charge in [-0.15, -0.1) is 0 Å². The topological polar surface area (TPSA) is 61.2 Å². The van der Waals surface area contributed by atoms with E-state index in [9.17, 15) is 4.79 Å². The van der Waals surface area contributed by atoms with Crippen molar-refractivity contribution >= 4 is 5.91 Å². The molecule has 0 spiro atoms. The molecule has 0 atom stereocenters. The van der Waals surface area contributed by atoms with E-state index in [2.05, 4.69) is 23.5 Å². The number of methoxy groups -OCH3 is 1. The Hall–Kier alpha value is -2.57. The van der Waals surface area contributed by atoms with Gasteiger partial charge < -0.3 is 24.4 Å². The molecule has 1 heterocycles. The zero-order valence-electron chi connectivity index (χ0n) is 17.1. The Labute approximate surface area is 172 Å². The van der Waals surface area contributed by atoms with Gasteiger partial charge in [-0.2, -0.15) is 0 Å². The van der Waals surface area contributed by atoms with Crippen molar-refractivity contribution in [1.29, 1.82) is 0 Å². The van der Waals surface area contributed by atoms with Gasteiger partial charge in [0.25, 0.3) is 0 Å². The molecule has 1 amide bonds. The third-order valence-corrected chi connectivity index (χ3v) is 5.11. The van der Waals surface area contributed by atoms with E-state index in [1.165, 1.54) is 16.0 Å². The smallest absolute Gasteiger partial charge is 0.220 e. The zero-order valence-corrected chi connectivity index (χ0v) is 17.1. The summed E-state index contributed by atoms with van der Waals surface area (Å²) < 4.78 is 16.2. The number of hydrogen-bond donors (Lipinski definition) is 2. The number of ether oxygens (including phenoxy) is 3. The summed E-state index contributed by atoms with van der Waals surface area (Å²) in [5.41, 5.74) is 2.49. The number of carbonyl (C=O) groups excluding carboxylic acids is 1. The Bertz CT molecular complexity index is 758. The van der Waals surface area contributed by atoms with Crippen molar-refractivity contribution < 1.29 is 23.9 Å². The second-order valence-corrected chi connectivity index (χ2v) is 7.21. The first-order valence-electron chi connectivity index (χ1n) is 10.3. The molecule has 2 aromatic carbocycles. The van der Waals surface area contributed by atoms with Crippen LogP contribution in [0, 0.1) is 0 Å². The molecular formula is C23H31N2O4+. The summed E-state index contributed by atoms with van der Waals surface area (Å²) in [6.07, 6.45) is 1.13. The molecule has 156 valence electrons. The molecule has 0 saturated carbocycles. The van der Waals surface area contributed by atoms with Gasteiger partial charge >= 0.3 is 0 Å². The Morgan fingerprint density at radius 1 is 1.03 bits per heavy atom. The highest BCUT2D eigenvalue weighted by molar-refractivity contribution is 5.75. The minimum absolute atomic E-state index is 0.0526. The van der Waals surface area contributed by atoms with Crippen LogP contribution in [0.1, 0.15) is 24.0 Å². The van der Waals surface area contributed by atoms with E-state index in [0.29, 0.717) is 26.0 Å². The van der Waals surface area contributed by atoms with Crippen LogP contribution in [-0.2, 0) is 22.6 Å². The van der Waals surface area contributed by atoms with Crippen molar-refractivity contribution in [3.05, 3.63) is 59.7 Å². The first kappa shape index (κ1) is 21.1. The van der Waals surface area contributed by atoms with E-state index in [-0.39, 0.29) is 5.91 Å². The number of morpholine rings is 1. The molecule has 0 radical (unpaired) electrons. The molecule has 0 aromatic heterocycles. The molecule has 1 fully saturated rings. The molecular weight excluding hydrogens is 368 g/mol. The number of amides is 1. The summed E-state index contributed by atoms with van der Waals surface area (Å²) in [6, 6.07) is 15.8. The largest absolute Gasteiger partial charge is 0.497 e. The quantitative estimate of drug-likeness (QED) is 0.596. The Kier molecular flexibility index (Phi) is 8.34. The van der Waals surface area contributed by atoms with Crippen molar-refractivity contribution in [3.8, 4) is 11.5 Å². The maximum Gasteiger partial charge on any atom is 0.220 e. The lowest BCUT2D eigenvalue weighted by molar-refractivity contribution is -0.921. The van der Waals surface area contributed by atoms with E-state index in [1.807, 2.05) is 30.3 Å². The van der Waals surface area contributed by atoms with Crippen LogP contribution < -0.4 is 19.7 Å². The maximum atomic E-state index is 12.2. The molecule has 0 bridgehead atoms. The summed E-state index contributed by atoms with van der Waals surface area (Å²) in [7, 11) is 1.64. The van der Waals surface area contributed by atoms with Crippen LogP contribution in [0.25, 0.3) is 0 Å². The van der Waals surface area contributed by atoms with Crippen molar-refractivity contribution in [2.75, 3.05) is 40.0 Å². The molecule has 3 rings (SSSR count). The van der Waals surface area contributed by atoms with Crippen molar-refractivity contribution in [1.82, 2.24) is 5.32 Å². The van der Waals surface area contributed by atoms with Crippen molar-refractivity contribution in [2.24, 2.45) is 0 Å². The van der Waals surface area contributed by atoms with Crippen LogP contribution in [0.3, 0.4) is 0 Å². The average Bonchev–Trinajstić information content (AvgIpc) is 2.77. The number of nitrogens with one attached hydrogen (secondary N) is 2. The standard InChI is InChI=1S/C23H30N2O4/c1-27-21-8-10-22(11-9-21)29-14-4-7-23(26)24-17-19-5-2-3-6-20(19)18-25-12-15-28-16-13-25/h2-3,5-6,8-11H,4,7,12-18H2,1H3,(H,24,26)/p+1. The SMILES string of the molecule is COc1ccc(OCCCC(=O)NCc2ccccc2C[NH+]2CCOCC2)cc1. The van der Waals surface area contributed by atoms with E-state index < -0.39 is 0 Å². The van der Waals surface area contributed by atoms with Crippen LogP contribution in [0.5, 0.6) is 11.5 Å². The minimum Gasteiger partial charge on any atom is -0.497 e. The molecule has 0 aliphatic carbocycles. The van der Waals surface area contributed by atoms with Crippen LogP contribution in [0.2, 0.25) is 0 Å². The minimum atomic E-state index is 0.0526. The fourth-order valence-electron chi connectivity index (χ4n) is 3.39. The Morgan fingerprint density at radius 3 is 2.45 bits per heavy atom. The van der Waals surface area contributed by atoms with E-state index in [0.717, 1.165) is 44.3 Å². The van der Waals surface area contributed by atoms with Crippen LogP contribution >= 0.6 is 0 Å². The molecule has 29 heavy (non-hydrogen) atoms. The van der Waals surface area contributed by atoms with Crippen LogP contribution in [-0.4, -0.2) is 45.9 Å². The van der Waals surface area contributed by atoms with Gasteiger partial charge in [-0.05, 0) is 36.2 Å². The number of benzene rings is 2. The predicted molar refractivity (Wildman–Crippen MR) is 111 cm³/mol. The second kappa shape index (κ2) is 11.4. The van der Waals surface area contributed by atoms with Gasteiger partial charge in [-0.1, -0.05) is 24.3 Å². The lowest BCUT2D eigenvalue weighted by Crippen LogP contribution is -3.12. The third-order valence-electron chi connectivity index (χ3n) is 5.11. The van der Waals surface area contributed by atoms with Gasteiger partial charge in [0.2, 0.25) is 5.91 Å². The van der Waals surface area contributed by atoms with Gasteiger partial charge in [-0.3, -0.25) is 4.79 Å². The first-order chi connectivity index (χ1) is 14.2. The molecule has 2 N–H and O–H groups in total. The highest BCUT2D eigenvalue weighted by Crippen LogP contribution is 2.17. The zero-order chi connectivity index (χ0) is 20.3. The molecule has 6 nitrogen and oxygen atoms in total. The van der Waals surface area contributed by atoms with Gasteiger partial charge in [0, 0.05) is 18.5 Å². The van der Waals surface area contributed by atoms with Crippen LogP contribution in [0.4, 0.5) is 0 Å². The summed E-state index contributed by atoms with van der Waals surface area (Å²) in [5, 5.41) is 3.05. The normalized spacial score (nSPS) is 14.4. The first-order valence-corrected chi connectivity index (χ1v) is 10.3. The van der Waals surface area contributed by atoms with Gasteiger partial charge in [-0.25, -0.2) is 0 Å². The third kappa shape index (κ3) is 7.07. The van der Waals surface area contributed by atoms with Crippen molar-refractivity contribution in [2.45, 2.75) is 25.9 Å². The van der Waals surface area contributed by atoms with Crippen LogP contribution in [0.15, 0.2) is 48.5 Å². The molecule has 2 aromatic rings. The van der Waals surface area contributed by atoms with Gasteiger partial charge in [0.05, 0.1) is 26.9 Å². The van der Waals surface area contributed by atoms with E-state index in [1.54, 1.807) is 7.11 Å². The number of hydrogen-bond acceptors (Lipinski definition) is 4. The summed E-state index contributed by atoms with van der Waals surface area (Å²) >= 11 is 0. The second-order valence-electron chi connectivity index (χ2n) is 7.21. The summed E-state index contributed by atoms with van der Waals surface area (Å²) in [5.74, 6) is 1.63. The van der Waals surface area contributed by atoms with E-state index in [4.69, 9.17) is 14.2 Å². The molecule has 1 saturated heterocycles. The fraction of sp³-hybridized carbons (Fsp3) is 0.435. The van der Waals surface area contributed by atoms with E-state index >= 15 is 0 Å². The molecule has 1 aliphatic heterocycles. The van der Waals surface area contributed by atoms with Gasteiger partial charge in [0.15, 0.2) is 0 Å². The predicted octanol–water partition coefficient (Wildman–Crippen LogP) is 1.59. The van der Waals surface area contributed by atoms with Crippen molar-refractivity contribution in [3.63, 3.8) is 0 Å². The highest BCUT2D eigenvalue weighted by Gasteiger charge is 2.16. The Balaban J connectivity index is 1.37. The lowest BCUT2D eigenvalue weighted by Gasteiger charge is -2.24. The molecule has 1 aliphatic rings.